The Morgan fingerprint density at radius 2 is 1.13 bits per heavy atom. The van der Waals surface area contributed by atoms with Crippen LogP contribution < -0.4 is 9.13 Å². The summed E-state index contributed by atoms with van der Waals surface area (Å²) in [7, 11) is 0. The predicted molar refractivity (Wildman–Crippen MR) is 126 cm³/mol. The molecule has 2 heterocycles. The molecule has 4 rings (SSSR count). The normalized spacial score (nSPS) is 10.7. The first-order valence-electron chi connectivity index (χ1n) is 9.61. The van der Waals surface area contributed by atoms with Gasteiger partial charge >= 0.3 is 0 Å². The Hall–Kier alpha value is -2.68. The van der Waals surface area contributed by atoms with Crippen LogP contribution in [0.5, 0.6) is 0 Å². The quantitative estimate of drug-likeness (QED) is 0.305. The summed E-state index contributed by atoms with van der Waals surface area (Å²) in [5.74, 6) is 0.472. The van der Waals surface area contributed by atoms with E-state index in [1.54, 1.807) is 0 Å². The number of hydrogen-bond acceptors (Lipinski definition) is 0. The molecule has 0 aliphatic rings. The second-order valence-corrected chi connectivity index (χ2v) is 8.09. The number of halogens is 2. The fourth-order valence-corrected chi connectivity index (χ4v) is 4.09. The van der Waals surface area contributed by atoms with Crippen LogP contribution >= 0.6 is 23.2 Å². The molecule has 2 nitrogen and oxygen atoms in total. The third-order valence-electron chi connectivity index (χ3n) is 5.02. The first kappa shape index (κ1) is 22.0. The van der Waals surface area contributed by atoms with Crippen molar-refractivity contribution in [2.75, 3.05) is 0 Å². The fourth-order valence-electron chi connectivity index (χ4n) is 3.49. The zero-order valence-corrected chi connectivity index (χ0v) is 17.9. The van der Waals surface area contributed by atoms with Gasteiger partial charge in [-0.15, -0.1) is 0 Å². The van der Waals surface area contributed by atoms with Crippen molar-refractivity contribution in [3.8, 4) is 22.5 Å². The molecule has 2 aromatic carbocycles. The third-order valence-corrected chi connectivity index (χ3v) is 5.63. The first-order valence-corrected chi connectivity index (χ1v) is 10.4. The van der Waals surface area contributed by atoms with E-state index >= 15 is 0 Å². The molecule has 0 saturated carbocycles. The van der Waals surface area contributed by atoms with Gasteiger partial charge in [-0.25, -0.2) is 0 Å². The average Bonchev–Trinajstić information content (AvgIpc) is 2.74. The molecule has 152 valence electrons. The maximum atomic E-state index is 6.32. The maximum Gasteiger partial charge on any atom is 0.248 e. The number of hydrogen-bond donors (Lipinski definition) is 0. The molecule has 0 N–H and O–H groups in total. The van der Waals surface area contributed by atoms with E-state index in [-0.39, 0.29) is 7.43 Å². The van der Waals surface area contributed by atoms with Crippen LogP contribution in [0.4, 0.5) is 0 Å². The summed E-state index contributed by atoms with van der Waals surface area (Å²) >= 11 is 12.6. The van der Waals surface area contributed by atoms with Crippen LogP contribution in [0.3, 0.4) is 0 Å². The van der Waals surface area contributed by atoms with Gasteiger partial charge in [-0.2, -0.15) is 9.13 Å². The molecule has 0 aliphatic heterocycles. The molecule has 0 saturated heterocycles. The molecular weight excluding hydrogens is 411 g/mol. The van der Waals surface area contributed by atoms with E-state index in [1.807, 2.05) is 35.2 Å². The highest BCUT2D eigenvalue weighted by Crippen LogP contribution is 2.25. The van der Waals surface area contributed by atoms with Crippen molar-refractivity contribution in [1.82, 2.24) is 0 Å². The first-order chi connectivity index (χ1) is 14.0. The Labute approximate surface area is 189 Å². The standard InChI is InChI=1S/C25H22Cl2N2.CH4/c1-18(2)21-6-3-4-9-24(21)28-14-10-19(11-15-28)20-12-16-29(17-13-20)25-22(26)7-5-8-23(25)27;/h3-18H,1-2H3;1H4/q+2;. The van der Waals surface area contributed by atoms with Crippen molar-refractivity contribution in [3.05, 3.63) is 107 Å². The number of para-hydroxylation sites is 2. The topological polar surface area (TPSA) is 7.76 Å². The van der Waals surface area contributed by atoms with Crippen LogP contribution in [0.15, 0.2) is 91.5 Å². The van der Waals surface area contributed by atoms with Gasteiger partial charge in [0.05, 0.1) is 0 Å². The summed E-state index contributed by atoms with van der Waals surface area (Å²) in [6.07, 6.45) is 8.19. The van der Waals surface area contributed by atoms with Crippen LogP contribution in [-0.4, -0.2) is 0 Å². The van der Waals surface area contributed by atoms with Gasteiger partial charge in [0, 0.05) is 35.9 Å². The highest BCUT2D eigenvalue weighted by atomic mass is 35.5. The van der Waals surface area contributed by atoms with Crippen molar-refractivity contribution in [2.45, 2.75) is 27.2 Å². The van der Waals surface area contributed by atoms with Gasteiger partial charge in [-0.1, -0.05) is 68.7 Å². The summed E-state index contributed by atoms with van der Waals surface area (Å²) in [4.78, 5) is 0. The minimum Gasteiger partial charge on any atom is -0.167 e. The predicted octanol–water partition coefficient (Wildman–Crippen LogP) is 6.97. The Morgan fingerprint density at radius 1 is 0.633 bits per heavy atom. The van der Waals surface area contributed by atoms with Crippen LogP contribution in [0, 0.1) is 0 Å². The highest BCUT2D eigenvalue weighted by Gasteiger charge is 2.17. The van der Waals surface area contributed by atoms with Gasteiger partial charge in [0.25, 0.3) is 0 Å². The van der Waals surface area contributed by atoms with Gasteiger partial charge in [-0.3, -0.25) is 0 Å². The minimum absolute atomic E-state index is 0. The van der Waals surface area contributed by atoms with E-state index in [9.17, 15) is 0 Å². The SMILES string of the molecule is C.CC(C)c1ccccc1-[n+]1ccc(-c2cc[n+](-c3c(Cl)cccc3Cl)cc2)cc1. The van der Waals surface area contributed by atoms with Crippen molar-refractivity contribution in [3.63, 3.8) is 0 Å². The van der Waals surface area contributed by atoms with E-state index in [4.69, 9.17) is 23.2 Å². The Bertz CT molecular complexity index is 1110. The lowest BCUT2D eigenvalue weighted by atomic mass is 10.0. The molecule has 30 heavy (non-hydrogen) atoms. The zero-order chi connectivity index (χ0) is 20.4. The Balaban J connectivity index is 0.00000256. The summed E-state index contributed by atoms with van der Waals surface area (Å²) in [6, 6.07) is 22.5. The number of pyridine rings is 2. The van der Waals surface area contributed by atoms with Gasteiger partial charge in [-0.05, 0) is 29.2 Å². The van der Waals surface area contributed by atoms with Crippen molar-refractivity contribution in [2.24, 2.45) is 0 Å². The molecule has 4 aromatic rings. The van der Waals surface area contributed by atoms with Crippen molar-refractivity contribution < 1.29 is 9.13 Å². The van der Waals surface area contributed by atoms with Crippen LogP contribution in [0.2, 0.25) is 10.0 Å². The van der Waals surface area contributed by atoms with Gasteiger partial charge in [0.15, 0.2) is 24.8 Å². The highest BCUT2D eigenvalue weighted by molar-refractivity contribution is 6.37. The van der Waals surface area contributed by atoms with E-state index in [0.717, 1.165) is 16.8 Å². The number of rotatable bonds is 4. The lowest BCUT2D eigenvalue weighted by Gasteiger charge is -2.08. The van der Waals surface area contributed by atoms with E-state index in [1.165, 1.54) is 11.3 Å². The minimum atomic E-state index is 0. The fraction of sp³-hybridized carbons (Fsp3) is 0.154. The second kappa shape index (κ2) is 9.42. The summed E-state index contributed by atoms with van der Waals surface area (Å²) in [5.41, 5.74) is 5.63. The molecule has 0 fully saturated rings. The molecule has 0 spiro atoms. The molecule has 0 bridgehead atoms. The lowest BCUT2D eigenvalue weighted by Crippen LogP contribution is -2.31. The third kappa shape index (κ3) is 4.40. The largest absolute Gasteiger partial charge is 0.248 e. The number of aromatic nitrogens is 2. The second-order valence-electron chi connectivity index (χ2n) is 7.27. The van der Waals surface area contributed by atoms with E-state index in [2.05, 4.69) is 79.3 Å². The molecule has 0 aliphatic carbocycles. The molecule has 0 atom stereocenters. The zero-order valence-electron chi connectivity index (χ0n) is 16.4. The van der Waals surface area contributed by atoms with Gasteiger partial charge < -0.3 is 0 Å². The Kier molecular flexibility index (Phi) is 6.91. The summed E-state index contributed by atoms with van der Waals surface area (Å²) in [5, 5.41) is 1.25. The van der Waals surface area contributed by atoms with Crippen molar-refractivity contribution in [1.29, 1.82) is 0 Å². The molecule has 2 aromatic heterocycles. The van der Waals surface area contributed by atoms with Gasteiger partial charge in [0.2, 0.25) is 11.4 Å². The van der Waals surface area contributed by atoms with Crippen molar-refractivity contribution >= 4 is 23.2 Å². The van der Waals surface area contributed by atoms with E-state index < -0.39 is 0 Å². The number of benzene rings is 2. The van der Waals surface area contributed by atoms with Crippen LogP contribution in [0.1, 0.15) is 32.8 Å². The lowest BCUT2D eigenvalue weighted by molar-refractivity contribution is -0.596. The monoisotopic (exact) mass is 436 g/mol. The van der Waals surface area contributed by atoms with Crippen LogP contribution in [-0.2, 0) is 0 Å². The number of nitrogens with zero attached hydrogens (tertiary/aromatic N) is 2. The average molecular weight is 437 g/mol. The summed E-state index contributed by atoms with van der Waals surface area (Å²) < 4.78 is 4.11. The maximum absolute atomic E-state index is 6.32. The molecule has 0 radical (unpaired) electrons. The van der Waals surface area contributed by atoms with Crippen LogP contribution in [0.25, 0.3) is 22.5 Å². The Morgan fingerprint density at radius 3 is 1.67 bits per heavy atom. The van der Waals surface area contributed by atoms with Gasteiger partial charge in [0.1, 0.15) is 10.0 Å². The molecular formula is C26H26Cl2N2+2. The smallest absolute Gasteiger partial charge is 0.167 e. The summed E-state index contributed by atoms with van der Waals surface area (Å²) in [6.45, 7) is 4.44. The molecule has 4 heteroatoms. The molecule has 0 unspecified atom stereocenters. The molecule has 0 amide bonds. The van der Waals surface area contributed by atoms with E-state index in [0.29, 0.717) is 16.0 Å².